The topological polar surface area (TPSA) is 51.0 Å². The lowest BCUT2D eigenvalue weighted by Gasteiger charge is -2.26. The second kappa shape index (κ2) is 7.41. The minimum Gasteiger partial charge on any atom is -0.339 e. The molecule has 1 aromatic heterocycles. The molecule has 1 N–H and O–H groups in total. The van der Waals surface area contributed by atoms with E-state index in [1.54, 1.807) is 0 Å². The van der Waals surface area contributed by atoms with Crippen LogP contribution in [0.25, 0.3) is 0 Å². The van der Waals surface area contributed by atoms with Crippen molar-refractivity contribution in [2.45, 2.75) is 70.8 Å². The third-order valence-electron chi connectivity index (χ3n) is 4.26. The maximum atomic E-state index is 5.61. The van der Waals surface area contributed by atoms with Gasteiger partial charge in [0.1, 0.15) is 0 Å². The predicted octanol–water partition coefficient (Wildman–Crippen LogP) is 3.50. The lowest BCUT2D eigenvalue weighted by molar-refractivity contribution is 0.243. The molecule has 1 aromatic rings. The summed E-state index contributed by atoms with van der Waals surface area (Å²) in [6.07, 6.45) is 6.98. The van der Waals surface area contributed by atoms with E-state index in [-0.39, 0.29) is 17.8 Å². The van der Waals surface area contributed by atoms with Crippen LogP contribution in [0, 0.1) is 5.92 Å². The zero-order valence-corrected chi connectivity index (χ0v) is 13.9. The van der Waals surface area contributed by atoms with Gasteiger partial charge in [-0.25, -0.2) is 0 Å². The van der Waals surface area contributed by atoms with E-state index < -0.39 is 0 Å². The fraction of sp³-hybridized carbons (Fsp3) is 0.867. The maximum Gasteiger partial charge on any atom is 0.232 e. The average Bonchev–Trinajstić information content (AvgIpc) is 2.98. The Labute approximate surface area is 128 Å². The quantitative estimate of drug-likeness (QED) is 0.873. The molecule has 0 amide bonds. The highest BCUT2D eigenvalue weighted by Gasteiger charge is 2.41. The SMILES string of the molecule is CNC(C)Cc1noc(C2(CC(C)C)CCCC2)n1.Cl. The molecule has 0 bridgehead atoms. The highest BCUT2D eigenvalue weighted by atomic mass is 35.5. The van der Waals surface area contributed by atoms with Crippen molar-refractivity contribution >= 4 is 12.4 Å². The summed E-state index contributed by atoms with van der Waals surface area (Å²) in [5, 5.41) is 7.39. The van der Waals surface area contributed by atoms with Crippen molar-refractivity contribution in [3.63, 3.8) is 0 Å². The summed E-state index contributed by atoms with van der Waals surface area (Å²) in [5.74, 6) is 2.40. The molecule has 1 aliphatic rings. The van der Waals surface area contributed by atoms with Crippen LogP contribution in [0.1, 0.15) is 64.6 Å². The first-order valence-corrected chi connectivity index (χ1v) is 7.56. The van der Waals surface area contributed by atoms with Gasteiger partial charge >= 0.3 is 0 Å². The number of hydrogen-bond acceptors (Lipinski definition) is 4. The van der Waals surface area contributed by atoms with Crippen LogP contribution in [0.3, 0.4) is 0 Å². The van der Waals surface area contributed by atoms with Crippen molar-refractivity contribution in [1.29, 1.82) is 0 Å². The Hall–Kier alpha value is -0.610. The molecular weight excluding hydrogens is 274 g/mol. The van der Waals surface area contributed by atoms with Gasteiger partial charge in [0.2, 0.25) is 5.89 Å². The summed E-state index contributed by atoms with van der Waals surface area (Å²) in [7, 11) is 1.96. The van der Waals surface area contributed by atoms with Crippen molar-refractivity contribution in [2.24, 2.45) is 5.92 Å². The lowest BCUT2D eigenvalue weighted by atomic mass is 9.78. The van der Waals surface area contributed by atoms with Crippen LogP contribution in [0.5, 0.6) is 0 Å². The number of nitrogens with one attached hydrogen (secondary N) is 1. The first-order chi connectivity index (χ1) is 9.05. The number of rotatable bonds is 6. The lowest BCUT2D eigenvalue weighted by Crippen LogP contribution is -2.26. The second-order valence-electron chi connectivity index (χ2n) is 6.50. The molecule has 0 saturated heterocycles. The number of halogens is 1. The molecular formula is C15H28ClN3O. The van der Waals surface area contributed by atoms with E-state index in [1.165, 1.54) is 25.7 Å². The summed E-state index contributed by atoms with van der Waals surface area (Å²) in [5.41, 5.74) is 0.155. The number of nitrogens with zero attached hydrogens (tertiary/aromatic N) is 2. The van der Waals surface area contributed by atoms with E-state index in [2.05, 4.69) is 36.2 Å². The normalized spacial score (nSPS) is 19.1. The number of likely N-dealkylation sites (N-methyl/N-ethyl adjacent to an activating group) is 1. The van der Waals surface area contributed by atoms with Crippen LogP contribution in [0.15, 0.2) is 4.52 Å². The minimum absolute atomic E-state index is 0. The average molecular weight is 302 g/mol. The Morgan fingerprint density at radius 1 is 1.25 bits per heavy atom. The van der Waals surface area contributed by atoms with Crippen LogP contribution >= 0.6 is 12.4 Å². The molecule has 0 spiro atoms. The molecule has 2 rings (SSSR count). The van der Waals surface area contributed by atoms with E-state index in [1.807, 2.05) is 7.05 Å². The third-order valence-corrected chi connectivity index (χ3v) is 4.26. The van der Waals surface area contributed by atoms with Gasteiger partial charge in [0.15, 0.2) is 5.82 Å². The summed E-state index contributed by atoms with van der Waals surface area (Å²) in [6, 6.07) is 0.384. The molecule has 1 atom stereocenters. The Morgan fingerprint density at radius 2 is 1.90 bits per heavy atom. The molecule has 1 heterocycles. The van der Waals surface area contributed by atoms with Gasteiger partial charge in [0, 0.05) is 17.9 Å². The van der Waals surface area contributed by atoms with Crippen LogP contribution < -0.4 is 5.32 Å². The largest absolute Gasteiger partial charge is 0.339 e. The molecule has 1 unspecified atom stereocenters. The first-order valence-electron chi connectivity index (χ1n) is 7.56. The van der Waals surface area contributed by atoms with Gasteiger partial charge in [-0.2, -0.15) is 4.98 Å². The summed E-state index contributed by atoms with van der Waals surface area (Å²) < 4.78 is 5.61. The van der Waals surface area contributed by atoms with Crippen molar-refractivity contribution in [2.75, 3.05) is 7.05 Å². The molecule has 0 aromatic carbocycles. The van der Waals surface area contributed by atoms with Gasteiger partial charge in [-0.05, 0) is 39.2 Å². The van der Waals surface area contributed by atoms with Crippen molar-refractivity contribution < 1.29 is 4.52 Å². The van der Waals surface area contributed by atoms with E-state index in [9.17, 15) is 0 Å². The van der Waals surface area contributed by atoms with Gasteiger partial charge < -0.3 is 9.84 Å². The Morgan fingerprint density at radius 3 is 2.45 bits per heavy atom. The zero-order valence-electron chi connectivity index (χ0n) is 13.1. The van der Waals surface area contributed by atoms with E-state index in [4.69, 9.17) is 4.52 Å². The monoisotopic (exact) mass is 301 g/mol. The fourth-order valence-electron chi connectivity index (χ4n) is 3.27. The van der Waals surface area contributed by atoms with E-state index in [0.29, 0.717) is 12.0 Å². The molecule has 116 valence electrons. The summed E-state index contributed by atoms with van der Waals surface area (Å²) in [6.45, 7) is 6.69. The second-order valence-corrected chi connectivity index (χ2v) is 6.50. The molecule has 1 fully saturated rings. The molecule has 5 heteroatoms. The highest BCUT2D eigenvalue weighted by molar-refractivity contribution is 5.85. The predicted molar refractivity (Wildman–Crippen MR) is 83.4 cm³/mol. The fourth-order valence-corrected chi connectivity index (χ4v) is 3.27. The van der Waals surface area contributed by atoms with Gasteiger partial charge in [-0.1, -0.05) is 31.8 Å². The minimum atomic E-state index is 0. The van der Waals surface area contributed by atoms with Crippen molar-refractivity contribution in [1.82, 2.24) is 15.5 Å². The number of aromatic nitrogens is 2. The molecule has 1 aliphatic carbocycles. The van der Waals surface area contributed by atoms with Gasteiger partial charge in [-0.3, -0.25) is 0 Å². The maximum absolute atomic E-state index is 5.61. The van der Waals surface area contributed by atoms with Crippen LogP contribution in [0.2, 0.25) is 0 Å². The summed E-state index contributed by atoms with van der Waals surface area (Å²) >= 11 is 0. The van der Waals surface area contributed by atoms with E-state index in [0.717, 1.165) is 24.6 Å². The Balaban J connectivity index is 0.00000200. The Kier molecular flexibility index (Phi) is 6.46. The number of hydrogen-bond donors (Lipinski definition) is 1. The first kappa shape index (κ1) is 17.4. The van der Waals surface area contributed by atoms with Gasteiger partial charge in [-0.15, -0.1) is 12.4 Å². The van der Waals surface area contributed by atoms with Gasteiger partial charge in [0.25, 0.3) is 0 Å². The smallest absolute Gasteiger partial charge is 0.232 e. The molecule has 0 radical (unpaired) electrons. The van der Waals surface area contributed by atoms with Gasteiger partial charge in [0.05, 0.1) is 0 Å². The third kappa shape index (κ3) is 3.95. The van der Waals surface area contributed by atoms with Crippen molar-refractivity contribution in [3.8, 4) is 0 Å². The zero-order chi connectivity index (χ0) is 13.9. The Bertz CT molecular complexity index is 400. The van der Waals surface area contributed by atoms with Crippen LogP contribution in [0.4, 0.5) is 0 Å². The molecule has 1 saturated carbocycles. The van der Waals surface area contributed by atoms with E-state index >= 15 is 0 Å². The standard InChI is InChI=1S/C15H27N3O.ClH/c1-11(2)10-15(7-5-6-8-15)14-17-13(18-19-14)9-12(3)16-4;/h11-12,16H,5-10H2,1-4H3;1H. The highest BCUT2D eigenvalue weighted by Crippen LogP contribution is 2.44. The van der Waals surface area contributed by atoms with Crippen LogP contribution in [-0.2, 0) is 11.8 Å². The molecule has 0 aliphatic heterocycles. The van der Waals surface area contributed by atoms with Crippen LogP contribution in [-0.4, -0.2) is 23.2 Å². The van der Waals surface area contributed by atoms with Crippen molar-refractivity contribution in [3.05, 3.63) is 11.7 Å². The summed E-state index contributed by atoms with van der Waals surface area (Å²) in [4.78, 5) is 4.69. The molecule has 20 heavy (non-hydrogen) atoms. The molecule has 4 nitrogen and oxygen atoms in total.